The SMILES string of the molecule is c1ccc(NC(CP(c2ccccc2)c2ccccc2)c2ccccc2)cc1. The van der Waals surface area contributed by atoms with Gasteiger partial charge in [-0.05, 0) is 36.2 Å². The van der Waals surface area contributed by atoms with Crippen molar-refractivity contribution >= 4 is 24.2 Å². The van der Waals surface area contributed by atoms with E-state index in [1.165, 1.54) is 16.2 Å². The third kappa shape index (κ3) is 4.68. The Kier molecular flexibility index (Phi) is 6.17. The lowest BCUT2D eigenvalue weighted by Crippen LogP contribution is -2.22. The van der Waals surface area contributed by atoms with Gasteiger partial charge < -0.3 is 5.32 Å². The van der Waals surface area contributed by atoms with Crippen LogP contribution in [0.2, 0.25) is 0 Å². The summed E-state index contributed by atoms with van der Waals surface area (Å²) in [6.07, 6.45) is 1.04. The van der Waals surface area contributed by atoms with Gasteiger partial charge in [-0.25, -0.2) is 0 Å². The van der Waals surface area contributed by atoms with E-state index in [2.05, 4.69) is 127 Å². The van der Waals surface area contributed by atoms with E-state index >= 15 is 0 Å². The molecule has 0 saturated heterocycles. The van der Waals surface area contributed by atoms with Gasteiger partial charge in [0.15, 0.2) is 0 Å². The zero-order chi connectivity index (χ0) is 19.0. The molecule has 4 aromatic rings. The first-order chi connectivity index (χ1) is 13.9. The maximum Gasteiger partial charge on any atom is 0.0559 e. The maximum atomic E-state index is 3.78. The van der Waals surface area contributed by atoms with Gasteiger partial charge in [-0.1, -0.05) is 109 Å². The van der Waals surface area contributed by atoms with Crippen LogP contribution in [0.4, 0.5) is 5.69 Å². The van der Waals surface area contributed by atoms with Gasteiger partial charge in [0.2, 0.25) is 0 Å². The highest BCUT2D eigenvalue weighted by atomic mass is 31.1. The topological polar surface area (TPSA) is 12.0 Å². The summed E-state index contributed by atoms with van der Waals surface area (Å²) in [6, 6.07) is 43.4. The predicted molar refractivity (Wildman–Crippen MR) is 123 cm³/mol. The van der Waals surface area contributed by atoms with E-state index in [-0.39, 0.29) is 6.04 Å². The molecule has 4 aromatic carbocycles. The first-order valence-corrected chi connectivity index (χ1v) is 11.2. The number of benzene rings is 4. The van der Waals surface area contributed by atoms with E-state index in [0.29, 0.717) is 0 Å². The van der Waals surface area contributed by atoms with Gasteiger partial charge in [0.05, 0.1) is 6.04 Å². The van der Waals surface area contributed by atoms with Crippen LogP contribution in [-0.2, 0) is 0 Å². The molecule has 0 amide bonds. The highest BCUT2D eigenvalue weighted by Crippen LogP contribution is 2.39. The Morgan fingerprint density at radius 2 is 0.964 bits per heavy atom. The molecule has 0 spiro atoms. The molecular weight excluding hydrogens is 357 g/mol. The van der Waals surface area contributed by atoms with Crippen molar-refractivity contribution in [2.24, 2.45) is 0 Å². The van der Waals surface area contributed by atoms with E-state index in [1.54, 1.807) is 0 Å². The molecule has 0 aromatic heterocycles. The van der Waals surface area contributed by atoms with Gasteiger partial charge in [0.25, 0.3) is 0 Å². The third-order valence-electron chi connectivity index (χ3n) is 4.82. The normalized spacial score (nSPS) is 11.9. The summed E-state index contributed by atoms with van der Waals surface area (Å²) in [6.45, 7) is 0. The Labute approximate surface area is 168 Å². The van der Waals surface area contributed by atoms with Crippen LogP contribution in [0.25, 0.3) is 0 Å². The van der Waals surface area contributed by atoms with Crippen LogP contribution in [0.1, 0.15) is 11.6 Å². The quantitative estimate of drug-likeness (QED) is 0.389. The first kappa shape index (κ1) is 18.5. The van der Waals surface area contributed by atoms with Crippen molar-refractivity contribution in [3.8, 4) is 0 Å². The van der Waals surface area contributed by atoms with E-state index in [4.69, 9.17) is 0 Å². The molecule has 1 nitrogen and oxygen atoms in total. The summed E-state index contributed by atoms with van der Waals surface area (Å²) in [5, 5.41) is 6.61. The van der Waals surface area contributed by atoms with Crippen molar-refractivity contribution in [1.29, 1.82) is 0 Å². The molecule has 4 rings (SSSR count). The van der Waals surface area contributed by atoms with Gasteiger partial charge in [-0.3, -0.25) is 0 Å². The Hall–Kier alpha value is -2.89. The molecule has 0 heterocycles. The van der Waals surface area contributed by atoms with Crippen LogP contribution in [-0.4, -0.2) is 6.16 Å². The molecule has 0 aliphatic carbocycles. The van der Waals surface area contributed by atoms with Crippen molar-refractivity contribution in [3.05, 3.63) is 127 Å². The number of para-hydroxylation sites is 1. The Morgan fingerprint density at radius 1 is 0.536 bits per heavy atom. The molecular formula is C26H24NP. The molecule has 0 aliphatic heterocycles. The number of rotatable bonds is 7. The second-order valence-electron chi connectivity index (χ2n) is 6.76. The fourth-order valence-electron chi connectivity index (χ4n) is 3.41. The predicted octanol–water partition coefficient (Wildman–Crippen LogP) is 5.97. The summed E-state index contributed by atoms with van der Waals surface area (Å²) >= 11 is 0. The Bertz CT molecular complexity index is 917. The van der Waals surface area contributed by atoms with Crippen LogP contribution < -0.4 is 15.9 Å². The molecule has 28 heavy (non-hydrogen) atoms. The summed E-state index contributed by atoms with van der Waals surface area (Å²) in [4.78, 5) is 0. The molecule has 0 radical (unpaired) electrons. The number of anilines is 1. The van der Waals surface area contributed by atoms with Crippen LogP contribution >= 0.6 is 7.92 Å². The van der Waals surface area contributed by atoms with Crippen molar-refractivity contribution in [1.82, 2.24) is 0 Å². The second kappa shape index (κ2) is 9.35. The smallest absolute Gasteiger partial charge is 0.0559 e. The molecule has 0 saturated carbocycles. The molecule has 0 aliphatic rings. The average Bonchev–Trinajstić information content (AvgIpc) is 2.79. The lowest BCUT2D eigenvalue weighted by molar-refractivity contribution is 0.895. The van der Waals surface area contributed by atoms with Crippen molar-refractivity contribution in [2.75, 3.05) is 11.5 Å². The van der Waals surface area contributed by atoms with Crippen LogP contribution in [0, 0.1) is 0 Å². The van der Waals surface area contributed by atoms with Crippen LogP contribution in [0.5, 0.6) is 0 Å². The first-order valence-electron chi connectivity index (χ1n) is 9.64. The number of hydrogen-bond acceptors (Lipinski definition) is 1. The summed E-state index contributed by atoms with van der Waals surface area (Å²) in [5.74, 6) is 0. The Balaban J connectivity index is 1.70. The van der Waals surface area contributed by atoms with E-state index in [1.807, 2.05) is 0 Å². The van der Waals surface area contributed by atoms with Gasteiger partial charge in [-0.2, -0.15) is 0 Å². The lowest BCUT2D eigenvalue weighted by atomic mass is 10.1. The highest BCUT2D eigenvalue weighted by molar-refractivity contribution is 7.73. The minimum Gasteiger partial charge on any atom is -0.378 e. The maximum absolute atomic E-state index is 3.78. The minimum absolute atomic E-state index is 0.245. The zero-order valence-electron chi connectivity index (χ0n) is 15.8. The number of hydrogen-bond donors (Lipinski definition) is 1. The average molecular weight is 381 g/mol. The summed E-state index contributed by atoms with van der Waals surface area (Å²) < 4.78 is 0. The van der Waals surface area contributed by atoms with Crippen LogP contribution in [0.3, 0.4) is 0 Å². The van der Waals surface area contributed by atoms with Gasteiger partial charge in [0.1, 0.15) is 0 Å². The van der Waals surface area contributed by atoms with Gasteiger partial charge in [-0.15, -0.1) is 0 Å². The monoisotopic (exact) mass is 381 g/mol. The molecule has 0 fully saturated rings. The molecule has 2 heteroatoms. The highest BCUT2D eigenvalue weighted by Gasteiger charge is 2.21. The molecule has 1 atom stereocenters. The standard InChI is InChI=1S/C26H24NP/c1-5-13-22(14-6-1)26(27-23-15-7-2-8-16-23)21-28(24-17-9-3-10-18-24)25-19-11-4-12-20-25/h1-20,26-27H,21H2. The second-order valence-corrected chi connectivity index (χ2v) is 9.01. The summed E-state index contributed by atoms with van der Waals surface area (Å²) in [5.41, 5.74) is 2.48. The third-order valence-corrected chi connectivity index (χ3v) is 7.39. The Morgan fingerprint density at radius 3 is 1.46 bits per heavy atom. The fraction of sp³-hybridized carbons (Fsp3) is 0.0769. The zero-order valence-corrected chi connectivity index (χ0v) is 16.7. The molecule has 1 N–H and O–H groups in total. The largest absolute Gasteiger partial charge is 0.378 e. The fourth-order valence-corrected chi connectivity index (χ4v) is 5.86. The molecule has 1 unspecified atom stereocenters. The number of nitrogens with one attached hydrogen (secondary N) is 1. The summed E-state index contributed by atoms with van der Waals surface area (Å²) in [7, 11) is -0.473. The molecule has 138 valence electrons. The van der Waals surface area contributed by atoms with Gasteiger partial charge in [0, 0.05) is 11.8 Å². The van der Waals surface area contributed by atoms with Crippen LogP contribution in [0.15, 0.2) is 121 Å². The van der Waals surface area contributed by atoms with Crippen molar-refractivity contribution < 1.29 is 0 Å². The van der Waals surface area contributed by atoms with E-state index < -0.39 is 7.92 Å². The van der Waals surface area contributed by atoms with Crippen molar-refractivity contribution in [2.45, 2.75) is 6.04 Å². The lowest BCUT2D eigenvalue weighted by Gasteiger charge is -2.27. The van der Waals surface area contributed by atoms with Crippen molar-refractivity contribution in [3.63, 3.8) is 0 Å². The van der Waals surface area contributed by atoms with E-state index in [0.717, 1.165) is 11.8 Å². The van der Waals surface area contributed by atoms with E-state index in [9.17, 15) is 0 Å². The molecule has 0 bridgehead atoms. The van der Waals surface area contributed by atoms with Gasteiger partial charge >= 0.3 is 0 Å². The minimum atomic E-state index is -0.473.